The Morgan fingerprint density at radius 2 is 2.13 bits per heavy atom. The summed E-state index contributed by atoms with van der Waals surface area (Å²) in [6.07, 6.45) is -3.72. The van der Waals surface area contributed by atoms with Gasteiger partial charge in [-0.2, -0.15) is 13.2 Å². The van der Waals surface area contributed by atoms with Gasteiger partial charge in [0, 0.05) is 13.7 Å². The lowest BCUT2D eigenvalue weighted by molar-refractivity contribution is -0.246. The molecule has 0 bridgehead atoms. The molecule has 0 aromatic heterocycles. The number of hydroxylamine groups is 2. The number of nitrogens with zero attached hydrogens (tertiary/aromatic N) is 1. The average molecular weight is 227 g/mol. The van der Waals surface area contributed by atoms with Gasteiger partial charge in [-0.25, -0.2) is 4.79 Å². The summed E-state index contributed by atoms with van der Waals surface area (Å²) in [5.74, 6) is -2.18. The number of piperidine rings is 1. The van der Waals surface area contributed by atoms with E-state index in [1.807, 2.05) is 0 Å². The van der Waals surface area contributed by atoms with Gasteiger partial charge in [0.2, 0.25) is 0 Å². The number of ether oxygens (including phenoxy) is 1. The standard InChI is InChI=1S/C8H12F3NO3/c1-14-6-3-2-4-12(5-6)15-7(13)8(9,10)11/h6H,2-5H2,1H3/t6-/m1/s1. The summed E-state index contributed by atoms with van der Waals surface area (Å²) in [6, 6.07) is 0. The first kappa shape index (κ1) is 12.3. The molecule has 1 rings (SSSR count). The Hall–Kier alpha value is -0.820. The monoisotopic (exact) mass is 227 g/mol. The van der Waals surface area contributed by atoms with Crippen LogP contribution < -0.4 is 0 Å². The molecule has 0 radical (unpaired) electrons. The van der Waals surface area contributed by atoms with Crippen molar-refractivity contribution < 1.29 is 27.5 Å². The van der Waals surface area contributed by atoms with Crippen LogP contribution >= 0.6 is 0 Å². The maximum absolute atomic E-state index is 11.9. The molecule has 0 N–H and O–H groups in total. The van der Waals surface area contributed by atoms with Crippen LogP contribution in [0.5, 0.6) is 0 Å². The first-order chi connectivity index (χ1) is 6.93. The summed E-state index contributed by atoms with van der Waals surface area (Å²) in [6.45, 7) is 0.486. The van der Waals surface area contributed by atoms with E-state index in [4.69, 9.17) is 4.74 Å². The van der Waals surface area contributed by atoms with Crippen LogP contribution in [0.1, 0.15) is 12.8 Å². The molecule has 7 heteroatoms. The normalized spacial score (nSPS) is 23.9. The van der Waals surface area contributed by atoms with Gasteiger partial charge in [0.05, 0.1) is 12.6 Å². The second-order valence-corrected chi connectivity index (χ2v) is 3.26. The Morgan fingerprint density at radius 3 is 2.67 bits per heavy atom. The molecule has 0 aliphatic carbocycles. The second kappa shape index (κ2) is 4.80. The fraction of sp³-hybridized carbons (Fsp3) is 0.875. The minimum atomic E-state index is -4.94. The Labute approximate surface area is 84.9 Å². The van der Waals surface area contributed by atoms with Gasteiger partial charge in [0.15, 0.2) is 0 Å². The van der Waals surface area contributed by atoms with Gasteiger partial charge >= 0.3 is 12.1 Å². The van der Waals surface area contributed by atoms with Crippen molar-refractivity contribution in [1.29, 1.82) is 0 Å². The molecule has 15 heavy (non-hydrogen) atoms. The first-order valence-electron chi connectivity index (χ1n) is 4.50. The van der Waals surface area contributed by atoms with Crippen LogP contribution in [0.25, 0.3) is 0 Å². The third-order valence-electron chi connectivity index (χ3n) is 2.12. The minimum absolute atomic E-state index is 0.179. The molecule has 88 valence electrons. The van der Waals surface area contributed by atoms with Crippen LogP contribution in [-0.2, 0) is 14.4 Å². The topological polar surface area (TPSA) is 38.8 Å². The summed E-state index contributed by atoms with van der Waals surface area (Å²) in [4.78, 5) is 14.7. The second-order valence-electron chi connectivity index (χ2n) is 3.26. The number of alkyl halides is 3. The van der Waals surface area contributed by atoms with Crippen molar-refractivity contribution in [1.82, 2.24) is 5.06 Å². The SMILES string of the molecule is CO[C@@H]1CCCN(OC(=O)C(F)(F)F)C1. The number of rotatable bonds is 2. The number of halogens is 3. The van der Waals surface area contributed by atoms with E-state index in [1.165, 1.54) is 7.11 Å². The predicted octanol–water partition coefficient (Wildman–Crippen LogP) is 1.12. The summed E-state index contributed by atoms with van der Waals surface area (Å²) in [7, 11) is 1.47. The lowest BCUT2D eigenvalue weighted by Gasteiger charge is -2.30. The summed E-state index contributed by atoms with van der Waals surface area (Å²) in [5.41, 5.74) is 0. The van der Waals surface area contributed by atoms with E-state index in [0.717, 1.165) is 11.5 Å². The number of carbonyl (C=O) groups excluding carboxylic acids is 1. The number of hydrogen-bond acceptors (Lipinski definition) is 4. The van der Waals surface area contributed by atoms with Crippen LogP contribution in [0.2, 0.25) is 0 Å². The van der Waals surface area contributed by atoms with Crippen LogP contribution in [0.3, 0.4) is 0 Å². The third kappa shape index (κ3) is 3.67. The van der Waals surface area contributed by atoms with Gasteiger partial charge in [0.25, 0.3) is 0 Å². The van der Waals surface area contributed by atoms with Crippen LogP contribution in [0.15, 0.2) is 0 Å². The van der Waals surface area contributed by atoms with Gasteiger partial charge in [-0.15, -0.1) is 5.06 Å². The Balaban J connectivity index is 2.41. The zero-order chi connectivity index (χ0) is 11.5. The average Bonchev–Trinajstić information content (AvgIpc) is 2.16. The zero-order valence-electron chi connectivity index (χ0n) is 8.21. The molecule has 1 heterocycles. The van der Waals surface area contributed by atoms with Gasteiger partial charge < -0.3 is 9.57 Å². The molecule has 1 saturated heterocycles. The van der Waals surface area contributed by atoms with E-state index in [2.05, 4.69) is 4.84 Å². The molecule has 4 nitrogen and oxygen atoms in total. The van der Waals surface area contributed by atoms with E-state index >= 15 is 0 Å². The Kier molecular flexibility index (Phi) is 3.92. The van der Waals surface area contributed by atoms with Crippen molar-refractivity contribution in [2.24, 2.45) is 0 Å². The molecule has 1 atom stereocenters. The Morgan fingerprint density at radius 1 is 1.47 bits per heavy atom. The summed E-state index contributed by atoms with van der Waals surface area (Å²) in [5, 5.41) is 0.994. The lowest BCUT2D eigenvalue weighted by Crippen LogP contribution is -2.43. The van der Waals surface area contributed by atoms with E-state index in [-0.39, 0.29) is 12.6 Å². The summed E-state index contributed by atoms with van der Waals surface area (Å²) >= 11 is 0. The highest BCUT2D eigenvalue weighted by atomic mass is 19.4. The lowest BCUT2D eigenvalue weighted by atomic mass is 10.1. The highest BCUT2D eigenvalue weighted by Gasteiger charge is 2.43. The third-order valence-corrected chi connectivity index (χ3v) is 2.12. The van der Waals surface area contributed by atoms with E-state index in [1.54, 1.807) is 0 Å². The molecule has 0 amide bonds. The van der Waals surface area contributed by atoms with Gasteiger partial charge in [-0.05, 0) is 12.8 Å². The largest absolute Gasteiger partial charge is 0.492 e. The molecular formula is C8H12F3NO3. The van der Waals surface area contributed by atoms with Crippen LogP contribution in [-0.4, -0.2) is 43.5 Å². The van der Waals surface area contributed by atoms with E-state index < -0.39 is 12.1 Å². The van der Waals surface area contributed by atoms with Crippen molar-refractivity contribution in [3.63, 3.8) is 0 Å². The highest BCUT2D eigenvalue weighted by Crippen LogP contribution is 2.19. The molecule has 0 spiro atoms. The minimum Gasteiger partial charge on any atom is -0.380 e. The van der Waals surface area contributed by atoms with Crippen molar-refractivity contribution in [3.05, 3.63) is 0 Å². The molecule has 0 aromatic carbocycles. The molecule has 1 aliphatic rings. The van der Waals surface area contributed by atoms with Gasteiger partial charge in [-0.1, -0.05) is 0 Å². The molecule has 1 aliphatic heterocycles. The van der Waals surface area contributed by atoms with Gasteiger partial charge in [0.1, 0.15) is 0 Å². The molecule has 0 unspecified atom stereocenters. The fourth-order valence-electron chi connectivity index (χ4n) is 1.35. The highest BCUT2D eigenvalue weighted by molar-refractivity contribution is 5.75. The van der Waals surface area contributed by atoms with E-state index in [0.29, 0.717) is 13.0 Å². The van der Waals surface area contributed by atoms with Crippen molar-refractivity contribution in [2.45, 2.75) is 25.1 Å². The number of methoxy groups -OCH3 is 1. The molecule has 0 aromatic rings. The first-order valence-corrected chi connectivity index (χ1v) is 4.50. The van der Waals surface area contributed by atoms with Gasteiger partial charge in [-0.3, -0.25) is 0 Å². The smallest absolute Gasteiger partial charge is 0.380 e. The summed E-state index contributed by atoms with van der Waals surface area (Å²) < 4.78 is 40.5. The number of carbonyl (C=O) groups is 1. The molecule has 0 saturated carbocycles. The maximum Gasteiger partial charge on any atom is 0.492 e. The number of hydrogen-bond donors (Lipinski definition) is 0. The Bertz CT molecular complexity index is 232. The van der Waals surface area contributed by atoms with E-state index in [9.17, 15) is 18.0 Å². The molecule has 1 fully saturated rings. The quantitative estimate of drug-likeness (QED) is 0.708. The predicted molar refractivity (Wildman–Crippen MR) is 43.8 cm³/mol. The molecular weight excluding hydrogens is 215 g/mol. The van der Waals surface area contributed by atoms with Crippen LogP contribution in [0.4, 0.5) is 13.2 Å². The van der Waals surface area contributed by atoms with Crippen molar-refractivity contribution >= 4 is 5.97 Å². The maximum atomic E-state index is 11.9. The zero-order valence-corrected chi connectivity index (χ0v) is 8.21. The van der Waals surface area contributed by atoms with Crippen LogP contribution in [0, 0.1) is 0 Å². The fourth-order valence-corrected chi connectivity index (χ4v) is 1.35. The van der Waals surface area contributed by atoms with Crippen molar-refractivity contribution in [3.8, 4) is 0 Å². The van der Waals surface area contributed by atoms with Crippen molar-refractivity contribution in [2.75, 3.05) is 20.2 Å².